The van der Waals surface area contributed by atoms with Gasteiger partial charge in [-0.3, -0.25) is 18.9 Å². The number of para-hydroxylation sites is 1. The summed E-state index contributed by atoms with van der Waals surface area (Å²) in [6, 6.07) is 14.4. The average molecular weight is 448 g/mol. The van der Waals surface area contributed by atoms with Crippen molar-refractivity contribution in [3.8, 4) is 0 Å². The summed E-state index contributed by atoms with van der Waals surface area (Å²) in [4.78, 5) is 34.3. The zero-order valence-corrected chi connectivity index (χ0v) is 18.0. The van der Waals surface area contributed by atoms with Crippen LogP contribution in [0.2, 0.25) is 0 Å². The molecule has 10 heteroatoms. The number of carbonyl (C=O) groups is 1. The van der Waals surface area contributed by atoms with Gasteiger partial charge in [-0.25, -0.2) is 4.98 Å². The molecule has 9 nitrogen and oxygen atoms in total. The second kappa shape index (κ2) is 8.85. The molecule has 1 saturated heterocycles. The van der Waals surface area contributed by atoms with E-state index in [0.29, 0.717) is 6.54 Å². The van der Waals surface area contributed by atoms with Crippen molar-refractivity contribution in [2.75, 3.05) is 36.4 Å². The van der Waals surface area contributed by atoms with Crippen LogP contribution in [-0.2, 0) is 6.54 Å². The van der Waals surface area contributed by atoms with Gasteiger partial charge in [-0.2, -0.15) is 0 Å². The number of hydrogen-bond donors (Lipinski definition) is 1. The lowest BCUT2D eigenvalue weighted by molar-refractivity contribution is 0.102. The lowest BCUT2D eigenvalue weighted by Gasteiger charge is -2.34. The van der Waals surface area contributed by atoms with Gasteiger partial charge < -0.3 is 10.2 Å². The fourth-order valence-corrected chi connectivity index (χ4v) is 4.40. The molecule has 5 rings (SSSR count). The van der Waals surface area contributed by atoms with E-state index in [0.717, 1.165) is 48.3 Å². The number of benzene rings is 1. The van der Waals surface area contributed by atoms with Crippen molar-refractivity contribution in [1.82, 2.24) is 24.5 Å². The van der Waals surface area contributed by atoms with Gasteiger partial charge in [0.2, 0.25) is 0 Å². The summed E-state index contributed by atoms with van der Waals surface area (Å²) in [5.74, 6) is 0.462. The number of amides is 1. The monoisotopic (exact) mass is 447 g/mol. The molecule has 32 heavy (non-hydrogen) atoms. The first-order valence-electron chi connectivity index (χ1n) is 10.3. The standard InChI is InChI=1S/C22H21N7O2S/c30-20-14-17(24-22-29(20)12-13-32-22)15-27-8-10-28(11-9-27)19-7-6-18(25-26-19)21(31)23-16-4-2-1-3-5-16/h1-7,12-14H,8-11,15H2,(H,23,31). The number of rotatable bonds is 5. The molecule has 1 fully saturated rings. The molecule has 0 radical (unpaired) electrons. The molecule has 0 atom stereocenters. The number of nitrogens with one attached hydrogen (secondary N) is 1. The smallest absolute Gasteiger partial charge is 0.276 e. The Morgan fingerprint density at radius 1 is 1.03 bits per heavy atom. The van der Waals surface area contributed by atoms with Gasteiger partial charge >= 0.3 is 0 Å². The van der Waals surface area contributed by atoms with Crippen LogP contribution in [0.4, 0.5) is 11.5 Å². The fourth-order valence-electron chi connectivity index (χ4n) is 3.66. The molecule has 1 aromatic carbocycles. The summed E-state index contributed by atoms with van der Waals surface area (Å²) < 4.78 is 1.56. The van der Waals surface area contributed by atoms with Crippen LogP contribution in [0.15, 0.2) is 64.9 Å². The summed E-state index contributed by atoms with van der Waals surface area (Å²) in [6.45, 7) is 3.85. The Hall–Kier alpha value is -3.63. The number of thiazole rings is 1. The first-order valence-corrected chi connectivity index (χ1v) is 11.2. The molecule has 1 aliphatic heterocycles. The van der Waals surface area contributed by atoms with Gasteiger partial charge in [0.25, 0.3) is 11.5 Å². The third kappa shape index (κ3) is 4.36. The minimum Gasteiger partial charge on any atom is -0.353 e. The normalized spacial score (nSPS) is 14.6. The predicted molar refractivity (Wildman–Crippen MR) is 123 cm³/mol. The topological polar surface area (TPSA) is 95.7 Å². The minimum atomic E-state index is -0.286. The summed E-state index contributed by atoms with van der Waals surface area (Å²) >= 11 is 1.46. The lowest BCUT2D eigenvalue weighted by Crippen LogP contribution is -2.46. The van der Waals surface area contributed by atoms with E-state index in [1.165, 1.54) is 11.3 Å². The molecule has 4 heterocycles. The van der Waals surface area contributed by atoms with Gasteiger partial charge in [-0.15, -0.1) is 21.5 Å². The van der Waals surface area contributed by atoms with Crippen LogP contribution in [0.25, 0.3) is 4.96 Å². The van der Waals surface area contributed by atoms with E-state index in [1.807, 2.05) is 41.8 Å². The molecule has 0 bridgehead atoms. The molecular weight excluding hydrogens is 426 g/mol. The Morgan fingerprint density at radius 3 is 2.59 bits per heavy atom. The number of fused-ring (bicyclic) bond motifs is 1. The molecule has 0 saturated carbocycles. The van der Waals surface area contributed by atoms with E-state index in [1.54, 1.807) is 22.7 Å². The van der Waals surface area contributed by atoms with Gasteiger partial charge in [0.1, 0.15) is 0 Å². The molecule has 3 aromatic heterocycles. The molecule has 1 aliphatic rings. The Morgan fingerprint density at radius 2 is 1.84 bits per heavy atom. The van der Waals surface area contributed by atoms with Crippen molar-refractivity contribution < 1.29 is 4.79 Å². The average Bonchev–Trinajstić information content (AvgIpc) is 3.30. The van der Waals surface area contributed by atoms with Crippen molar-refractivity contribution in [3.05, 3.63) is 81.8 Å². The molecule has 162 valence electrons. The molecule has 0 spiro atoms. The number of aromatic nitrogens is 4. The van der Waals surface area contributed by atoms with E-state index in [4.69, 9.17) is 0 Å². The Kier molecular flexibility index (Phi) is 5.61. The summed E-state index contributed by atoms with van der Waals surface area (Å²) in [5, 5.41) is 13.0. The van der Waals surface area contributed by atoms with Crippen molar-refractivity contribution >= 4 is 33.7 Å². The molecule has 1 amide bonds. The van der Waals surface area contributed by atoms with E-state index < -0.39 is 0 Å². The molecular formula is C22H21N7O2S. The maximum Gasteiger partial charge on any atom is 0.276 e. The maximum atomic E-state index is 12.3. The molecule has 4 aromatic rings. The van der Waals surface area contributed by atoms with Gasteiger partial charge in [0.15, 0.2) is 16.5 Å². The van der Waals surface area contributed by atoms with Crippen molar-refractivity contribution in [3.63, 3.8) is 0 Å². The highest BCUT2D eigenvalue weighted by Gasteiger charge is 2.20. The quantitative estimate of drug-likeness (QED) is 0.501. The lowest BCUT2D eigenvalue weighted by atomic mass is 10.2. The van der Waals surface area contributed by atoms with E-state index in [2.05, 4.69) is 30.3 Å². The third-order valence-corrected chi connectivity index (χ3v) is 6.11. The number of anilines is 2. The first-order chi connectivity index (χ1) is 15.7. The van der Waals surface area contributed by atoms with Crippen LogP contribution in [0.5, 0.6) is 0 Å². The number of nitrogens with zero attached hydrogens (tertiary/aromatic N) is 6. The van der Waals surface area contributed by atoms with Gasteiger partial charge in [0, 0.05) is 56.1 Å². The number of hydrogen-bond acceptors (Lipinski definition) is 8. The van der Waals surface area contributed by atoms with E-state index in [-0.39, 0.29) is 17.2 Å². The molecule has 0 aliphatic carbocycles. The van der Waals surface area contributed by atoms with Crippen molar-refractivity contribution in [1.29, 1.82) is 0 Å². The summed E-state index contributed by atoms with van der Waals surface area (Å²) in [6.07, 6.45) is 1.75. The fraction of sp³-hybridized carbons (Fsp3) is 0.227. The van der Waals surface area contributed by atoms with Gasteiger partial charge in [0.05, 0.1) is 5.69 Å². The maximum absolute atomic E-state index is 12.3. The SMILES string of the molecule is O=C(Nc1ccccc1)c1ccc(N2CCN(Cc3cc(=O)n4ccsc4n3)CC2)nn1. The van der Waals surface area contributed by atoms with E-state index >= 15 is 0 Å². The highest BCUT2D eigenvalue weighted by molar-refractivity contribution is 7.15. The number of piperazine rings is 1. The summed E-state index contributed by atoms with van der Waals surface area (Å²) in [5.41, 5.74) is 1.74. The molecule has 1 N–H and O–H groups in total. The van der Waals surface area contributed by atoms with Crippen LogP contribution in [0.3, 0.4) is 0 Å². The van der Waals surface area contributed by atoms with Crippen LogP contribution in [0, 0.1) is 0 Å². The van der Waals surface area contributed by atoms with Crippen LogP contribution in [-0.4, -0.2) is 56.6 Å². The second-order valence-electron chi connectivity index (χ2n) is 7.50. The minimum absolute atomic E-state index is 0.0449. The third-order valence-electron chi connectivity index (χ3n) is 5.35. The van der Waals surface area contributed by atoms with E-state index in [9.17, 15) is 9.59 Å². The largest absolute Gasteiger partial charge is 0.353 e. The summed E-state index contributed by atoms with van der Waals surface area (Å²) in [7, 11) is 0. The van der Waals surface area contributed by atoms with Gasteiger partial charge in [-0.1, -0.05) is 18.2 Å². The Labute approximate surface area is 188 Å². The number of carbonyl (C=O) groups excluding carboxylic acids is 1. The van der Waals surface area contributed by atoms with Crippen molar-refractivity contribution in [2.24, 2.45) is 0 Å². The highest BCUT2D eigenvalue weighted by Crippen LogP contribution is 2.15. The van der Waals surface area contributed by atoms with Crippen LogP contribution < -0.4 is 15.8 Å². The Balaban J connectivity index is 1.17. The molecule has 0 unspecified atom stereocenters. The zero-order chi connectivity index (χ0) is 21.9. The van der Waals surface area contributed by atoms with Crippen LogP contribution in [0.1, 0.15) is 16.2 Å². The van der Waals surface area contributed by atoms with Crippen LogP contribution >= 0.6 is 11.3 Å². The van der Waals surface area contributed by atoms with Gasteiger partial charge in [-0.05, 0) is 24.3 Å². The highest BCUT2D eigenvalue weighted by atomic mass is 32.1. The second-order valence-corrected chi connectivity index (χ2v) is 8.37. The first kappa shape index (κ1) is 20.3. The predicted octanol–water partition coefficient (Wildman–Crippen LogP) is 2.12. The van der Waals surface area contributed by atoms with Crippen molar-refractivity contribution in [2.45, 2.75) is 6.54 Å². The zero-order valence-electron chi connectivity index (χ0n) is 17.2. The Bertz CT molecular complexity index is 1280.